The van der Waals surface area contributed by atoms with Gasteiger partial charge in [-0.25, -0.2) is 0 Å². The highest BCUT2D eigenvalue weighted by Gasteiger charge is 2.23. The summed E-state index contributed by atoms with van der Waals surface area (Å²) in [5, 5.41) is 20.8. The Morgan fingerprint density at radius 1 is 1.52 bits per heavy atom. The van der Waals surface area contributed by atoms with Crippen LogP contribution in [0.15, 0.2) is 16.6 Å². The van der Waals surface area contributed by atoms with Crippen molar-refractivity contribution in [1.82, 2.24) is 0 Å². The summed E-state index contributed by atoms with van der Waals surface area (Å²) in [4.78, 5) is 21.5. The smallest absolute Gasteiger partial charge is 0.312 e. The Morgan fingerprint density at radius 3 is 2.71 bits per heavy atom. The second kappa shape index (κ2) is 7.94. The number of carbonyl (C=O) groups is 1. The quantitative estimate of drug-likeness (QED) is 0.347. The van der Waals surface area contributed by atoms with Gasteiger partial charge in [-0.2, -0.15) is 0 Å². The summed E-state index contributed by atoms with van der Waals surface area (Å²) in [6.45, 7) is 1.60. The topological polar surface area (TPSA) is 98.9 Å². The van der Waals surface area contributed by atoms with Gasteiger partial charge in [-0.05, 0) is 19.4 Å². The van der Waals surface area contributed by atoms with E-state index in [1.807, 2.05) is 0 Å². The van der Waals surface area contributed by atoms with E-state index in [9.17, 15) is 20.0 Å². The van der Waals surface area contributed by atoms with Gasteiger partial charge in [-0.3, -0.25) is 14.9 Å². The third kappa shape index (κ3) is 4.98. The Kier molecular flexibility index (Phi) is 6.57. The molecule has 0 saturated carbocycles. The van der Waals surface area contributed by atoms with E-state index >= 15 is 0 Å². The summed E-state index contributed by atoms with van der Waals surface area (Å²) < 4.78 is 10.4. The molecule has 116 valence electrons. The number of carbonyl (C=O) groups excluding carboxylic acids is 1. The molecule has 0 aliphatic rings. The highest BCUT2D eigenvalue weighted by molar-refractivity contribution is 9.10. The van der Waals surface area contributed by atoms with Gasteiger partial charge >= 0.3 is 11.7 Å². The van der Waals surface area contributed by atoms with Gasteiger partial charge in [-0.15, -0.1) is 0 Å². The third-order valence-electron chi connectivity index (χ3n) is 2.71. The maximum absolute atomic E-state index is 11.1. The Morgan fingerprint density at radius 2 is 2.19 bits per heavy atom. The number of hydrogen-bond acceptors (Lipinski definition) is 6. The fraction of sp³-hybridized carbons (Fsp3) is 0.462. The minimum absolute atomic E-state index is 0.0167. The van der Waals surface area contributed by atoms with Crippen LogP contribution in [-0.4, -0.2) is 29.7 Å². The zero-order chi connectivity index (χ0) is 16.0. The molecule has 0 fully saturated rings. The lowest BCUT2D eigenvalue weighted by Gasteiger charge is -2.14. The van der Waals surface area contributed by atoms with Gasteiger partial charge in [-0.1, -0.05) is 15.9 Å². The number of hydrogen-bond donors (Lipinski definition) is 1. The van der Waals surface area contributed by atoms with Crippen molar-refractivity contribution in [3.05, 3.63) is 32.3 Å². The van der Waals surface area contributed by atoms with Crippen LogP contribution in [0.4, 0.5) is 5.69 Å². The molecule has 8 heteroatoms. The first kappa shape index (κ1) is 17.4. The van der Waals surface area contributed by atoms with Crippen LogP contribution in [0.1, 0.15) is 31.4 Å². The second-order valence-electron chi connectivity index (χ2n) is 4.30. The molecule has 0 aromatic heterocycles. The summed E-state index contributed by atoms with van der Waals surface area (Å²) in [5.74, 6) is -0.359. The number of halogens is 1. The zero-order valence-electron chi connectivity index (χ0n) is 11.7. The van der Waals surface area contributed by atoms with E-state index in [-0.39, 0.29) is 30.4 Å². The van der Waals surface area contributed by atoms with Crippen molar-refractivity contribution in [1.29, 1.82) is 0 Å². The fourth-order valence-electron chi connectivity index (χ4n) is 1.70. The molecule has 1 aromatic carbocycles. The van der Waals surface area contributed by atoms with Gasteiger partial charge < -0.3 is 14.6 Å². The number of methoxy groups -OCH3 is 1. The van der Waals surface area contributed by atoms with E-state index in [4.69, 9.17) is 4.74 Å². The number of nitro groups is 1. The first-order valence-corrected chi connectivity index (χ1v) is 7.01. The molecule has 0 unspecified atom stereocenters. The lowest BCUT2D eigenvalue weighted by molar-refractivity contribution is -0.386. The predicted octanol–water partition coefficient (Wildman–Crippen LogP) is 2.74. The number of aliphatic hydroxyl groups excluding tert-OH is 1. The second-order valence-corrected chi connectivity index (χ2v) is 5.22. The largest absolute Gasteiger partial charge is 0.487 e. The maximum atomic E-state index is 11.1. The van der Waals surface area contributed by atoms with Gasteiger partial charge in [0.15, 0.2) is 0 Å². The molecule has 1 atom stereocenters. The first-order valence-electron chi connectivity index (χ1n) is 6.22. The Balaban J connectivity index is 2.92. The molecule has 0 aliphatic carbocycles. The molecule has 0 bridgehead atoms. The lowest BCUT2D eigenvalue weighted by Crippen LogP contribution is -2.08. The van der Waals surface area contributed by atoms with Crippen molar-refractivity contribution in [2.24, 2.45) is 0 Å². The van der Waals surface area contributed by atoms with Crippen LogP contribution >= 0.6 is 15.9 Å². The van der Waals surface area contributed by atoms with Crippen LogP contribution < -0.4 is 4.74 Å². The third-order valence-corrected chi connectivity index (χ3v) is 3.17. The average Bonchev–Trinajstić information content (AvgIpc) is 2.43. The summed E-state index contributed by atoms with van der Waals surface area (Å²) in [5.41, 5.74) is 0.0764. The molecule has 21 heavy (non-hydrogen) atoms. The Bertz CT molecular complexity index is 532. The highest BCUT2D eigenvalue weighted by atomic mass is 79.9. The normalized spacial score (nSPS) is 11.8. The number of nitrogens with zero attached hydrogens (tertiary/aromatic N) is 1. The van der Waals surface area contributed by atoms with Crippen molar-refractivity contribution in [3.63, 3.8) is 0 Å². The molecule has 0 aliphatic heterocycles. The Labute approximate surface area is 130 Å². The molecule has 7 nitrogen and oxygen atoms in total. The van der Waals surface area contributed by atoms with E-state index < -0.39 is 11.0 Å². The summed E-state index contributed by atoms with van der Waals surface area (Å²) in [6.07, 6.45) is -0.402. The molecule has 0 amide bonds. The average molecular weight is 362 g/mol. The minimum atomic E-state index is -0.920. The lowest BCUT2D eigenvalue weighted by atomic mass is 10.1. The molecule has 0 saturated heterocycles. The van der Waals surface area contributed by atoms with Crippen molar-refractivity contribution >= 4 is 27.6 Å². The minimum Gasteiger partial charge on any atom is -0.487 e. The predicted molar refractivity (Wildman–Crippen MR) is 78.2 cm³/mol. The molecule has 0 radical (unpaired) electrons. The first-order chi connectivity index (χ1) is 9.86. The van der Waals surface area contributed by atoms with Crippen LogP contribution in [0.2, 0.25) is 0 Å². The summed E-state index contributed by atoms with van der Waals surface area (Å²) in [6, 6.07) is 2.87. The van der Waals surface area contributed by atoms with Gasteiger partial charge in [0, 0.05) is 22.5 Å². The van der Waals surface area contributed by atoms with E-state index in [0.29, 0.717) is 16.5 Å². The van der Waals surface area contributed by atoms with Gasteiger partial charge in [0.2, 0.25) is 5.75 Å². The highest BCUT2D eigenvalue weighted by Crippen LogP contribution is 2.37. The maximum Gasteiger partial charge on any atom is 0.312 e. The van der Waals surface area contributed by atoms with E-state index in [0.717, 1.165) is 0 Å². The number of aliphatic hydroxyl groups is 1. The zero-order valence-corrected chi connectivity index (χ0v) is 13.3. The van der Waals surface area contributed by atoms with E-state index in [1.165, 1.54) is 20.1 Å². The number of rotatable bonds is 7. The van der Waals surface area contributed by atoms with Crippen molar-refractivity contribution < 1.29 is 24.3 Å². The van der Waals surface area contributed by atoms with Gasteiger partial charge in [0.25, 0.3) is 0 Å². The SMILES string of the molecule is COC(=O)CCCOc1c([C@@H](C)O)cc(Br)cc1[N+](=O)[O-]. The van der Waals surface area contributed by atoms with E-state index in [2.05, 4.69) is 20.7 Å². The molecule has 1 N–H and O–H groups in total. The Hall–Kier alpha value is -1.67. The van der Waals surface area contributed by atoms with Crippen LogP contribution in [0.25, 0.3) is 0 Å². The molecular weight excluding hydrogens is 346 g/mol. The number of ether oxygens (including phenoxy) is 2. The number of esters is 1. The molecular formula is C13H16BrNO6. The number of benzene rings is 1. The molecule has 1 aromatic rings. The van der Waals surface area contributed by atoms with Gasteiger partial charge in [0.1, 0.15) is 0 Å². The van der Waals surface area contributed by atoms with Crippen molar-refractivity contribution in [2.45, 2.75) is 25.9 Å². The van der Waals surface area contributed by atoms with Crippen LogP contribution in [0.5, 0.6) is 5.75 Å². The van der Waals surface area contributed by atoms with Crippen LogP contribution in [0.3, 0.4) is 0 Å². The fourth-order valence-corrected chi connectivity index (χ4v) is 2.16. The standard InChI is InChI=1S/C13H16BrNO6/c1-8(16)10-6-9(14)7-11(15(18)19)13(10)21-5-3-4-12(17)20-2/h6-8,16H,3-5H2,1-2H3/t8-/m1/s1. The van der Waals surface area contributed by atoms with Crippen molar-refractivity contribution in [3.8, 4) is 5.75 Å². The van der Waals surface area contributed by atoms with E-state index in [1.54, 1.807) is 6.07 Å². The van der Waals surface area contributed by atoms with Gasteiger partial charge in [0.05, 0.1) is 24.7 Å². The molecule has 1 rings (SSSR count). The molecule has 0 heterocycles. The monoisotopic (exact) mass is 361 g/mol. The van der Waals surface area contributed by atoms with Crippen molar-refractivity contribution in [2.75, 3.05) is 13.7 Å². The number of nitro benzene ring substituents is 1. The van der Waals surface area contributed by atoms with Crippen LogP contribution in [-0.2, 0) is 9.53 Å². The van der Waals surface area contributed by atoms with Crippen LogP contribution in [0, 0.1) is 10.1 Å². The summed E-state index contributed by atoms with van der Waals surface area (Å²) >= 11 is 3.16. The summed E-state index contributed by atoms with van der Waals surface area (Å²) in [7, 11) is 1.29. The molecule has 0 spiro atoms.